The van der Waals surface area contributed by atoms with Crippen molar-refractivity contribution in [2.24, 2.45) is 5.92 Å². The lowest BCUT2D eigenvalue weighted by molar-refractivity contribution is 0.793. The lowest BCUT2D eigenvalue weighted by Crippen LogP contribution is -1.86. The van der Waals surface area contributed by atoms with Crippen LogP contribution in [-0.2, 0) is 0 Å². The minimum Gasteiger partial charge on any atom is -0.0956 e. The molecule has 0 heteroatoms. The molecule has 0 aromatic carbocycles. The van der Waals surface area contributed by atoms with Crippen molar-refractivity contribution in [1.82, 2.24) is 0 Å². The first kappa shape index (κ1) is 9.48. The highest BCUT2D eigenvalue weighted by Gasteiger charge is 1.92. The molecule has 0 aromatic rings. The summed E-state index contributed by atoms with van der Waals surface area (Å²) in [4.78, 5) is 0. The summed E-state index contributed by atoms with van der Waals surface area (Å²) in [7, 11) is 0. The maximum Gasteiger partial charge on any atom is -0.0225 e. The van der Waals surface area contributed by atoms with Crippen molar-refractivity contribution in [3.8, 4) is 0 Å². The Labute approximate surface area is 64.6 Å². The molecule has 0 saturated carbocycles. The molecule has 0 saturated heterocycles. The maximum absolute atomic E-state index is 3.94. The van der Waals surface area contributed by atoms with Gasteiger partial charge in [0.15, 0.2) is 0 Å². The summed E-state index contributed by atoms with van der Waals surface area (Å²) in [5.74, 6) is 0.591. The van der Waals surface area contributed by atoms with E-state index in [0.29, 0.717) is 5.92 Å². The van der Waals surface area contributed by atoms with Crippen LogP contribution in [0.15, 0.2) is 24.3 Å². The fourth-order valence-corrected chi connectivity index (χ4v) is 0.594. The second kappa shape index (κ2) is 5.28. The third-order valence-corrected chi connectivity index (χ3v) is 1.53. The van der Waals surface area contributed by atoms with Crippen LogP contribution in [0.2, 0.25) is 0 Å². The Kier molecular flexibility index (Phi) is 5.00. The number of hydrogen-bond donors (Lipinski definition) is 0. The molecule has 0 aliphatic carbocycles. The van der Waals surface area contributed by atoms with Crippen LogP contribution in [0.3, 0.4) is 0 Å². The average Bonchev–Trinajstić information content (AvgIpc) is 1.88. The van der Waals surface area contributed by atoms with Gasteiger partial charge in [-0.3, -0.25) is 0 Å². The molecule has 0 aliphatic heterocycles. The third kappa shape index (κ3) is 4.37. The van der Waals surface area contributed by atoms with Gasteiger partial charge in [0.05, 0.1) is 0 Å². The van der Waals surface area contributed by atoms with Gasteiger partial charge in [-0.1, -0.05) is 51.5 Å². The third-order valence-electron chi connectivity index (χ3n) is 1.53. The Morgan fingerprint density at radius 3 is 2.50 bits per heavy atom. The van der Waals surface area contributed by atoms with Gasteiger partial charge in [-0.2, -0.15) is 0 Å². The van der Waals surface area contributed by atoms with Gasteiger partial charge >= 0.3 is 0 Å². The summed E-state index contributed by atoms with van der Waals surface area (Å²) in [5, 5.41) is 0. The summed E-state index contributed by atoms with van der Waals surface area (Å²) in [5.41, 5.74) is 1.23. The lowest BCUT2D eigenvalue weighted by Gasteiger charge is -2.01. The van der Waals surface area contributed by atoms with Crippen LogP contribution >= 0.6 is 0 Å². The second-order valence-electron chi connectivity index (χ2n) is 2.92. The molecule has 58 valence electrons. The number of allylic oxidation sites excluding steroid dienone is 3. The molecule has 0 amide bonds. The lowest BCUT2D eigenvalue weighted by atomic mass is 10.0. The quantitative estimate of drug-likeness (QED) is 0.521. The van der Waals surface area contributed by atoms with E-state index in [1.807, 2.05) is 0 Å². The van der Waals surface area contributed by atoms with Gasteiger partial charge < -0.3 is 0 Å². The van der Waals surface area contributed by atoms with Crippen LogP contribution in [0.5, 0.6) is 0 Å². The van der Waals surface area contributed by atoms with Gasteiger partial charge in [0.2, 0.25) is 0 Å². The minimum atomic E-state index is 0.591. The number of unbranched alkanes of at least 4 members (excludes halogenated alkanes) is 1. The molecule has 0 aromatic heterocycles. The van der Waals surface area contributed by atoms with Gasteiger partial charge in [-0.25, -0.2) is 0 Å². The predicted octanol–water partition coefficient (Wildman–Crippen LogP) is 3.55. The summed E-state index contributed by atoms with van der Waals surface area (Å²) < 4.78 is 0. The van der Waals surface area contributed by atoms with Crippen molar-refractivity contribution in [1.29, 1.82) is 0 Å². The molecule has 0 unspecified atom stereocenters. The molecule has 0 nitrogen and oxygen atoms in total. The molecular weight excluding hydrogens is 120 g/mol. The van der Waals surface area contributed by atoms with Crippen molar-refractivity contribution >= 4 is 0 Å². The van der Waals surface area contributed by atoms with E-state index in [-0.39, 0.29) is 0 Å². The van der Waals surface area contributed by atoms with Crippen molar-refractivity contribution < 1.29 is 0 Å². The first-order valence-electron chi connectivity index (χ1n) is 4.03. The first-order valence-corrected chi connectivity index (χ1v) is 4.03. The zero-order valence-corrected chi connectivity index (χ0v) is 7.35. The standard InChI is InChI=1S/C10H18/c1-5-6-7-8-10(4)9(2)3/h7-9H,4-6H2,1-3H3. The van der Waals surface area contributed by atoms with Crippen LogP contribution in [0.4, 0.5) is 0 Å². The Hall–Kier alpha value is -0.520. The smallest absolute Gasteiger partial charge is 0.0225 e. The van der Waals surface area contributed by atoms with Crippen LogP contribution in [0, 0.1) is 5.92 Å². The normalized spacial score (nSPS) is 11.2. The van der Waals surface area contributed by atoms with Crippen LogP contribution in [0.1, 0.15) is 33.6 Å². The Morgan fingerprint density at radius 1 is 1.50 bits per heavy atom. The van der Waals surface area contributed by atoms with E-state index >= 15 is 0 Å². The molecule has 0 radical (unpaired) electrons. The molecular formula is C10H18. The van der Waals surface area contributed by atoms with Gasteiger partial charge in [0.25, 0.3) is 0 Å². The van der Waals surface area contributed by atoms with Gasteiger partial charge in [0, 0.05) is 0 Å². The molecule has 0 aliphatic rings. The average molecular weight is 138 g/mol. The van der Waals surface area contributed by atoms with E-state index in [1.54, 1.807) is 0 Å². The largest absolute Gasteiger partial charge is 0.0956 e. The fraction of sp³-hybridized carbons (Fsp3) is 0.600. The van der Waals surface area contributed by atoms with Crippen LogP contribution in [-0.4, -0.2) is 0 Å². The van der Waals surface area contributed by atoms with Gasteiger partial charge in [-0.05, 0) is 12.3 Å². The second-order valence-corrected chi connectivity index (χ2v) is 2.92. The summed E-state index contributed by atoms with van der Waals surface area (Å²) in [6.07, 6.45) is 6.73. The molecule has 0 bridgehead atoms. The Morgan fingerprint density at radius 2 is 2.10 bits per heavy atom. The zero-order chi connectivity index (χ0) is 7.98. The van der Waals surface area contributed by atoms with Crippen LogP contribution in [0.25, 0.3) is 0 Å². The minimum absolute atomic E-state index is 0.591. The highest BCUT2D eigenvalue weighted by Crippen LogP contribution is 2.08. The topological polar surface area (TPSA) is 0 Å². The highest BCUT2D eigenvalue weighted by molar-refractivity contribution is 5.15. The molecule has 0 N–H and O–H groups in total. The molecule has 0 spiro atoms. The number of rotatable bonds is 4. The predicted molar refractivity (Wildman–Crippen MR) is 48.0 cm³/mol. The van der Waals surface area contributed by atoms with E-state index in [0.717, 1.165) is 0 Å². The monoisotopic (exact) mass is 138 g/mol. The molecule has 0 heterocycles. The Balaban J connectivity index is 3.56. The first-order chi connectivity index (χ1) is 4.68. The summed E-state index contributed by atoms with van der Waals surface area (Å²) >= 11 is 0. The maximum atomic E-state index is 3.94. The summed E-state index contributed by atoms with van der Waals surface area (Å²) in [6.45, 7) is 10.5. The fourth-order valence-electron chi connectivity index (χ4n) is 0.594. The highest BCUT2D eigenvalue weighted by atomic mass is 14.0. The SMILES string of the molecule is C=C(C=CCCC)C(C)C. The molecule has 10 heavy (non-hydrogen) atoms. The van der Waals surface area contributed by atoms with E-state index in [4.69, 9.17) is 0 Å². The van der Waals surface area contributed by atoms with Crippen molar-refractivity contribution in [2.75, 3.05) is 0 Å². The van der Waals surface area contributed by atoms with Crippen molar-refractivity contribution in [3.63, 3.8) is 0 Å². The Bertz CT molecular complexity index is 118. The van der Waals surface area contributed by atoms with Crippen LogP contribution < -0.4 is 0 Å². The van der Waals surface area contributed by atoms with E-state index < -0.39 is 0 Å². The molecule has 0 rings (SSSR count). The van der Waals surface area contributed by atoms with E-state index in [1.165, 1.54) is 18.4 Å². The summed E-state index contributed by atoms with van der Waals surface area (Å²) in [6, 6.07) is 0. The zero-order valence-electron chi connectivity index (χ0n) is 7.35. The van der Waals surface area contributed by atoms with Crippen molar-refractivity contribution in [3.05, 3.63) is 24.3 Å². The van der Waals surface area contributed by atoms with Gasteiger partial charge in [0.1, 0.15) is 0 Å². The molecule has 0 fully saturated rings. The van der Waals surface area contributed by atoms with E-state index in [9.17, 15) is 0 Å². The van der Waals surface area contributed by atoms with Gasteiger partial charge in [-0.15, -0.1) is 0 Å². The van der Waals surface area contributed by atoms with Crippen molar-refractivity contribution in [2.45, 2.75) is 33.6 Å². The van der Waals surface area contributed by atoms with E-state index in [2.05, 4.69) is 39.5 Å². The molecule has 0 atom stereocenters. The number of hydrogen-bond acceptors (Lipinski definition) is 0.